The summed E-state index contributed by atoms with van der Waals surface area (Å²) in [6.07, 6.45) is 5.92. The van der Waals surface area contributed by atoms with Crippen molar-refractivity contribution in [1.82, 2.24) is 19.8 Å². The third kappa shape index (κ3) is 19.6. The monoisotopic (exact) mass is 1150 g/mol. The van der Waals surface area contributed by atoms with E-state index < -0.39 is 41.2 Å². The Morgan fingerprint density at radius 1 is 0.518 bits per heavy atom. The molecule has 2 atom stereocenters. The summed E-state index contributed by atoms with van der Waals surface area (Å²) in [5.74, 6) is -3.09. The molecule has 0 saturated heterocycles. The number of anilines is 2. The fourth-order valence-electron chi connectivity index (χ4n) is 8.86. The van der Waals surface area contributed by atoms with Gasteiger partial charge in [0, 0.05) is 74.1 Å². The molecule has 2 unspecified atom stereocenters. The number of nitrogens with zero attached hydrogens (tertiary/aromatic N) is 4. The lowest BCUT2D eigenvalue weighted by Gasteiger charge is -2.27. The predicted octanol–water partition coefficient (Wildman–Crippen LogP) is 13.1. The van der Waals surface area contributed by atoms with Crippen molar-refractivity contribution in [1.29, 1.82) is 0 Å². The first-order valence-corrected chi connectivity index (χ1v) is 27.7. The fourth-order valence-corrected chi connectivity index (χ4v) is 8.86. The number of rotatable bonds is 15. The van der Waals surface area contributed by atoms with Gasteiger partial charge in [0.15, 0.2) is 0 Å². The zero-order valence-electron chi connectivity index (χ0n) is 50.4. The summed E-state index contributed by atoms with van der Waals surface area (Å²) in [6.45, 7) is 18.6. The number of amides is 4. The predicted molar refractivity (Wildman–Crippen MR) is 331 cm³/mol. The highest BCUT2D eigenvalue weighted by Gasteiger charge is 2.29. The second kappa shape index (κ2) is 29.2. The number of hydrogen-bond acceptors (Lipinski definition) is 12. The minimum atomic E-state index is -0.859. The molecule has 4 amide bonds. The van der Waals surface area contributed by atoms with Crippen LogP contribution in [0.25, 0.3) is 21.5 Å². The highest BCUT2D eigenvalue weighted by Crippen LogP contribution is 2.27. The van der Waals surface area contributed by atoms with Gasteiger partial charge < -0.3 is 44.9 Å². The topological polar surface area (TPSA) is 227 Å². The number of hydrogen-bond donors (Lipinski definition) is 4. The summed E-state index contributed by atoms with van der Waals surface area (Å²) in [5, 5.41) is 27.8. The Kier molecular flexibility index (Phi) is 22.2. The molecule has 4 N–H and O–H groups in total. The van der Waals surface area contributed by atoms with Crippen molar-refractivity contribution in [2.75, 3.05) is 37.8 Å². The van der Waals surface area contributed by atoms with Crippen molar-refractivity contribution >= 4 is 68.9 Å². The number of aliphatic hydroxyl groups excluding tert-OH is 1. The number of aliphatic hydroxyl groups is 1. The minimum Gasteiger partial charge on any atom is -0.478 e. The number of ether oxygens (including phenoxy) is 3. The van der Waals surface area contributed by atoms with Crippen molar-refractivity contribution in [2.24, 2.45) is 0 Å². The van der Waals surface area contributed by atoms with Gasteiger partial charge in [0.2, 0.25) is 11.8 Å². The van der Waals surface area contributed by atoms with Gasteiger partial charge in [-0.3, -0.25) is 19.6 Å². The molecule has 2 aromatic heterocycles. The summed E-state index contributed by atoms with van der Waals surface area (Å²) in [4.78, 5) is 86.4. The molecule has 85 heavy (non-hydrogen) atoms. The Balaban J connectivity index is 0.000000236. The molecule has 0 aliphatic rings. The van der Waals surface area contributed by atoms with E-state index in [-0.39, 0.29) is 44.1 Å². The molecule has 17 nitrogen and oxygen atoms in total. The van der Waals surface area contributed by atoms with Crippen LogP contribution in [0.1, 0.15) is 119 Å². The molecular weight excluding hydrogens is 1080 g/mol. The van der Waals surface area contributed by atoms with Crippen LogP contribution in [0, 0.1) is 27.7 Å². The number of likely N-dealkylation sites (N-methyl/N-ethyl adjacent to an activating group) is 2. The van der Waals surface area contributed by atoms with Crippen molar-refractivity contribution in [3.63, 3.8) is 0 Å². The van der Waals surface area contributed by atoms with E-state index in [0.29, 0.717) is 28.1 Å². The molecule has 0 radical (unpaired) electrons. The lowest BCUT2D eigenvalue weighted by Crippen LogP contribution is -2.39. The number of nitrogens with one attached hydrogen (secondary N) is 2. The molecule has 0 aliphatic carbocycles. The number of aromatic carboxylic acids is 1. The van der Waals surface area contributed by atoms with Crippen molar-refractivity contribution < 1.29 is 53.2 Å². The van der Waals surface area contributed by atoms with Crippen LogP contribution in [0.4, 0.5) is 21.0 Å². The zero-order valence-corrected chi connectivity index (χ0v) is 50.4. The molecular formula is C68H76N6O11. The van der Waals surface area contributed by atoms with Crippen LogP contribution >= 0.6 is 0 Å². The fraction of sp³-hybridized carbons (Fsp3) is 0.294. The van der Waals surface area contributed by atoms with Crippen molar-refractivity contribution in [3.05, 3.63) is 214 Å². The van der Waals surface area contributed by atoms with E-state index in [2.05, 4.69) is 20.6 Å². The number of aromatic nitrogens is 2. The maximum absolute atomic E-state index is 13.6. The molecule has 0 spiro atoms. The molecule has 0 saturated carbocycles. The van der Waals surface area contributed by atoms with Crippen LogP contribution in [0.3, 0.4) is 0 Å². The van der Waals surface area contributed by atoms with Gasteiger partial charge in [-0.05, 0) is 162 Å². The van der Waals surface area contributed by atoms with E-state index in [4.69, 9.17) is 19.3 Å². The van der Waals surface area contributed by atoms with E-state index in [0.717, 1.165) is 60.5 Å². The second-order valence-electron chi connectivity index (χ2n) is 22.8. The van der Waals surface area contributed by atoms with Crippen LogP contribution in [0.2, 0.25) is 0 Å². The molecule has 8 rings (SSSR count). The standard InChI is InChI=1S/C34H37N3O5.C25H29N3O4.C9H10O2/c1-22-7-14-29(23(2)17-22)32(39)41-21-24-8-10-25(11-9-24)30(20-37(6)33(40)42-34(3,4)5)31(38)36-28-13-12-27-19-35-16-15-26(27)18-28;1-25(2,3)32-24(31)28(4)15-22(18-7-5-17(16-29)6-8-18)23(30)27-21-10-9-20-14-26-12-11-19(20)13-21;1-6-3-4-8(9(10)11)7(2)5-6/h7-19,30H,20-21H2,1-6H3,(H,36,38);5-14,22,29H,15-16H2,1-4H3,(H,27,30);3-5H,1-2H3,(H,10,11). The van der Waals surface area contributed by atoms with E-state index in [1.54, 1.807) is 130 Å². The summed E-state index contributed by atoms with van der Waals surface area (Å²) < 4.78 is 16.5. The average Bonchev–Trinajstić information content (AvgIpc) is 3.61. The maximum atomic E-state index is 13.6. The summed E-state index contributed by atoms with van der Waals surface area (Å²) in [5.41, 5.74) is 7.72. The van der Waals surface area contributed by atoms with E-state index in [1.165, 1.54) is 9.80 Å². The third-order valence-electron chi connectivity index (χ3n) is 13.3. The highest BCUT2D eigenvalue weighted by molar-refractivity contribution is 5.99. The number of carbonyl (C=O) groups is 6. The van der Waals surface area contributed by atoms with Crippen LogP contribution in [-0.2, 0) is 37.0 Å². The number of carboxylic acids is 1. The molecule has 2 heterocycles. The largest absolute Gasteiger partial charge is 0.478 e. The number of carbonyl (C=O) groups excluding carboxylic acids is 5. The summed E-state index contributed by atoms with van der Waals surface area (Å²) in [7, 11) is 3.22. The van der Waals surface area contributed by atoms with Gasteiger partial charge in [0.25, 0.3) is 0 Å². The normalized spacial score (nSPS) is 11.8. The Hall–Kier alpha value is -9.48. The Bertz CT molecular complexity index is 3650. The molecule has 0 aliphatic heterocycles. The minimum absolute atomic E-state index is 0.0824. The third-order valence-corrected chi connectivity index (χ3v) is 13.3. The quantitative estimate of drug-likeness (QED) is 0.0554. The van der Waals surface area contributed by atoms with Gasteiger partial charge in [-0.1, -0.05) is 96.1 Å². The maximum Gasteiger partial charge on any atom is 0.410 e. The number of esters is 1. The van der Waals surface area contributed by atoms with E-state index >= 15 is 0 Å². The molecule has 8 aromatic rings. The smallest absolute Gasteiger partial charge is 0.410 e. The lowest BCUT2D eigenvalue weighted by atomic mass is 9.96. The first-order chi connectivity index (χ1) is 40.2. The first-order valence-electron chi connectivity index (χ1n) is 27.7. The second-order valence-corrected chi connectivity index (χ2v) is 22.8. The van der Waals surface area contributed by atoms with Gasteiger partial charge in [-0.15, -0.1) is 0 Å². The van der Waals surface area contributed by atoms with Gasteiger partial charge in [0.1, 0.15) is 17.8 Å². The highest BCUT2D eigenvalue weighted by atomic mass is 16.6. The lowest BCUT2D eigenvalue weighted by molar-refractivity contribution is -0.118. The first kappa shape index (κ1) is 64.7. The van der Waals surface area contributed by atoms with Gasteiger partial charge in [-0.25, -0.2) is 19.2 Å². The van der Waals surface area contributed by atoms with Crippen LogP contribution in [0.5, 0.6) is 0 Å². The Labute approximate surface area is 497 Å². The number of fused-ring (bicyclic) bond motifs is 2. The van der Waals surface area contributed by atoms with Crippen LogP contribution in [0.15, 0.2) is 158 Å². The SMILES string of the molecule is CN(CC(C(=O)Nc1ccc2cnccc2c1)c1ccc(CO)cc1)C(=O)OC(C)(C)C.Cc1ccc(C(=O)O)c(C)c1.Cc1ccc(C(=O)OCc2ccc(C(CN(C)C(=O)OC(C)(C)C)C(=O)Nc3ccc4cnccc4c3)cc2)c(C)c1. The molecule has 444 valence electrons. The molecule has 0 bridgehead atoms. The van der Waals surface area contributed by atoms with Crippen LogP contribution in [-0.4, -0.2) is 104 Å². The zero-order chi connectivity index (χ0) is 62.2. The number of aryl methyl sites for hydroxylation is 4. The van der Waals surface area contributed by atoms with Crippen LogP contribution < -0.4 is 10.6 Å². The summed E-state index contributed by atoms with van der Waals surface area (Å²) in [6, 6.07) is 40.3. The van der Waals surface area contributed by atoms with Gasteiger partial charge in [-0.2, -0.15) is 0 Å². The Morgan fingerprint density at radius 3 is 1.32 bits per heavy atom. The molecule has 6 aromatic carbocycles. The van der Waals surface area contributed by atoms with Crippen molar-refractivity contribution in [3.8, 4) is 0 Å². The molecule has 17 heteroatoms. The average molecular weight is 1150 g/mol. The summed E-state index contributed by atoms with van der Waals surface area (Å²) >= 11 is 0. The van der Waals surface area contributed by atoms with Crippen molar-refractivity contribution in [2.45, 2.75) is 105 Å². The number of benzene rings is 6. The van der Waals surface area contributed by atoms with Gasteiger partial charge >= 0.3 is 24.1 Å². The Morgan fingerprint density at radius 2 is 0.929 bits per heavy atom. The molecule has 0 fully saturated rings. The number of pyridine rings is 2. The van der Waals surface area contributed by atoms with E-state index in [1.807, 2.05) is 112 Å². The van der Waals surface area contributed by atoms with E-state index in [9.17, 15) is 33.9 Å². The van der Waals surface area contributed by atoms with Gasteiger partial charge in [0.05, 0.1) is 29.6 Å². The number of carboxylic acid groups (broad SMARTS) is 1.